The Morgan fingerprint density at radius 3 is 2.39 bits per heavy atom. The van der Waals surface area contributed by atoms with Gasteiger partial charge in [-0.25, -0.2) is 17.2 Å². The molecule has 2 aromatic carbocycles. The first-order valence-corrected chi connectivity index (χ1v) is 10.6. The molecule has 1 saturated heterocycles. The topological polar surface area (TPSA) is 57.7 Å². The van der Waals surface area contributed by atoms with Crippen LogP contribution >= 0.6 is 11.6 Å². The van der Waals surface area contributed by atoms with Crippen molar-refractivity contribution in [2.45, 2.75) is 24.7 Å². The molecule has 1 heterocycles. The molecule has 0 atom stereocenters. The first-order chi connectivity index (χ1) is 13.3. The lowest BCUT2D eigenvalue weighted by atomic mass is 10.1. The number of halogens is 3. The Hall–Kier alpha value is -2.03. The Morgan fingerprint density at radius 2 is 1.79 bits per heavy atom. The highest BCUT2D eigenvalue weighted by atomic mass is 35.5. The molecule has 1 fully saturated rings. The lowest BCUT2D eigenvalue weighted by Gasteiger charge is -2.22. The van der Waals surface area contributed by atoms with Crippen LogP contribution in [0.5, 0.6) is 0 Å². The molecule has 28 heavy (non-hydrogen) atoms. The van der Waals surface area contributed by atoms with E-state index < -0.39 is 27.6 Å². The van der Waals surface area contributed by atoms with Crippen LogP contribution in [0.3, 0.4) is 0 Å². The minimum absolute atomic E-state index is 0.0199. The van der Waals surface area contributed by atoms with Crippen molar-refractivity contribution in [2.75, 3.05) is 24.5 Å². The SMILES string of the molecule is CCN(C(=O)c1cc(S(=O)(=O)N2CCCC2)ccc1Cl)c1ccc(F)c(F)c1. The molecule has 2 aromatic rings. The van der Waals surface area contributed by atoms with E-state index in [1.807, 2.05) is 0 Å². The average Bonchev–Trinajstić information content (AvgIpc) is 3.21. The first kappa shape index (κ1) is 20.7. The Labute approximate surface area is 167 Å². The zero-order valence-electron chi connectivity index (χ0n) is 15.2. The molecule has 0 aliphatic carbocycles. The van der Waals surface area contributed by atoms with Gasteiger partial charge in [0.15, 0.2) is 11.6 Å². The van der Waals surface area contributed by atoms with Crippen molar-refractivity contribution in [3.8, 4) is 0 Å². The van der Waals surface area contributed by atoms with Gasteiger partial charge in [-0.1, -0.05) is 11.6 Å². The van der Waals surface area contributed by atoms with Crippen molar-refractivity contribution in [1.29, 1.82) is 0 Å². The average molecular weight is 429 g/mol. The van der Waals surface area contributed by atoms with Gasteiger partial charge in [-0.15, -0.1) is 0 Å². The van der Waals surface area contributed by atoms with Gasteiger partial charge in [-0.3, -0.25) is 4.79 Å². The van der Waals surface area contributed by atoms with E-state index in [9.17, 15) is 22.0 Å². The maximum absolute atomic E-state index is 13.6. The number of rotatable bonds is 5. The Morgan fingerprint density at radius 1 is 1.11 bits per heavy atom. The van der Waals surface area contributed by atoms with Gasteiger partial charge >= 0.3 is 0 Å². The van der Waals surface area contributed by atoms with Crippen LogP contribution in [0.15, 0.2) is 41.3 Å². The zero-order valence-corrected chi connectivity index (χ0v) is 16.7. The number of anilines is 1. The molecule has 0 spiro atoms. The smallest absolute Gasteiger partial charge is 0.259 e. The highest BCUT2D eigenvalue weighted by Crippen LogP contribution is 2.28. The second-order valence-corrected chi connectivity index (χ2v) is 8.75. The molecule has 150 valence electrons. The fourth-order valence-electron chi connectivity index (χ4n) is 3.15. The van der Waals surface area contributed by atoms with Crippen LogP contribution in [0.4, 0.5) is 14.5 Å². The fourth-order valence-corrected chi connectivity index (χ4v) is 4.89. The maximum Gasteiger partial charge on any atom is 0.259 e. The maximum atomic E-state index is 13.6. The third kappa shape index (κ3) is 3.90. The summed E-state index contributed by atoms with van der Waals surface area (Å²) in [5.41, 5.74) is 0.129. The summed E-state index contributed by atoms with van der Waals surface area (Å²) < 4.78 is 53.7. The Bertz CT molecular complexity index is 1010. The molecule has 5 nitrogen and oxygen atoms in total. The second kappa shape index (κ2) is 8.14. The molecule has 0 aromatic heterocycles. The number of hydrogen-bond acceptors (Lipinski definition) is 3. The van der Waals surface area contributed by atoms with Gasteiger partial charge in [-0.05, 0) is 50.1 Å². The minimum atomic E-state index is -3.73. The number of nitrogens with zero attached hydrogens (tertiary/aromatic N) is 2. The van der Waals surface area contributed by atoms with Crippen molar-refractivity contribution >= 4 is 33.2 Å². The van der Waals surface area contributed by atoms with E-state index in [4.69, 9.17) is 11.6 Å². The molecule has 0 unspecified atom stereocenters. The fraction of sp³-hybridized carbons (Fsp3) is 0.316. The van der Waals surface area contributed by atoms with Crippen LogP contribution in [-0.4, -0.2) is 38.3 Å². The molecule has 0 radical (unpaired) electrons. The minimum Gasteiger partial charge on any atom is -0.308 e. The van der Waals surface area contributed by atoms with Crippen LogP contribution < -0.4 is 4.90 Å². The quantitative estimate of drug-likeness (QED) is 0.721. The summed E-state index contributed by atoms with van der Waals surface area (Å²) in [6, 6.07) is 7.07. The van der Waals surface area contributed by atoms with Crippen LogP contribution in [0.1, 0.15) is 30.1 Å². The molecular weight excluding hydrogens is 410 g/mol. The number of amides is 1. The largest absolute Gasteiger partial charge is 0.308 e. The van der Waals surface area contributed by atoms with Gasteiger partial charge in [0.25, 0.3) is 5.91 Å². The van der Waals surface area contributed by atoms with E-state index in [2.05, 4.69) is 0 Å². The number of carbonyl (C=O) groups is 1. The normalized spacial score (nSPS) is 15.0. The molecular formula is C19H19ClF2N2O3S. The highest BCUT2D eigenvalue weighted by molar-refractivity contribution is 7.89. The van der Waals surface area contributed by atoms with E-state index in [0.29, 0.717) is 13.1 Å². The van der Waals surface area contributed by atoms with Gasteiger partial charge < -0.3 is 4.90 Å². The van der Waals surface area contributed by atoms with E-state index in [-0.39, 0.29) is 27.7 Å². The third-order valence-corrected chi connectivity index (χ3v) is 6.87. The molecule has 1 aliphatic heterocycles. The van der Waals surface area contributed by atoms with Gasteiger partial charge in [0.05, 0.1) is 15.5 Å². The second-order valence-electron chi connectivity index (χ2n) is 6.40. The first-order valence-electron chi connectivity index (χ1n) is 8.82. The highest BCUT2D eigenvalue weighted by Gasteiger charge is 2.29. The standard InChI is InChI=1S/C19H19ClF2N2O3S/c1-2-24(13-5-8-17(21)18(22)11-13)19(25)15-12-14(6-7-16(15)20)28(26,27)23-9-3-4-10-23/h5-8,11-12H,2-4,9-10H2,1H3. The summed E-state index contributed by atoms with van der Waals surface area (Å²) in [5, 5.41) is 0.0754. The van der Waals surface area contributed by atoms with Gasteiger partial charge in [0, 0.05) is 31.4 Å². The summed E-state index contributed by atoms with van der Waals surface area (Å²) in [6.07, 6.45) is 1.58. The lowest BCUT2D eigenvalue weighted by molar-refractivity contribution is 0.0988. The number of benzene rings is 2. The number of sulfonamides is 1. The molecule has 0 bridgehead atoms. The van der Waals surface area contributed by atoms with Crippen molar-refractivity contribution < 1.29 is 22.0 Å². The molecule has 1 aliphatic rings. The van der Waals surface area contributed by atoms with E-state index in [1.165, 1.54) is 33.5 Å². The van der Waals surface area contributed by atoms with Crippen LogP contribution in [0.2, 0.25) is 5.02 Å². The van der Waals surface area contributed by atoms with E-state index in [0.717, 1.165) is 25.0 Å². The number of carbonyl (C=O) groups excluding carboxylic acids is 1. The van der Waals surface area contributed by atoms with Crippen molar-refractivity contribution in [1.82, 2.24) is 4.31 Å². The molecule has 0 N–H and O–H groups in total. The lowest BCUT2D eigenvalue weighted by Crippen LogP contribution is -2.32. The number of hydrogen-bond donors (Lipinski definition) is 0. The summed E-state index contributed by atoms with van der Waals surface area (Å²) >= 11 is 6.16. The molecule has 9 heteroatoms. The molecule has 3 rings (SSSR count). The predicted octanol–water partition coefficient (Wildman–Crippen LogP) is 4.07. The summed E-state index contributed by atoms with van der Waals surface area (Å²) in [7, 11) is -3.73. The van der Waals surface area contributed by atoms with Gasteiger partial charge in [0.1, 0.15) is 0 Å². The monoisotopic (exact) mass is 428 g/mol. The summed E-state index contributed by atoms with van der Waals surface area (Å²) in [5.74, 6) is -2.71. The molecule has 0 saturated carbocycles. The Balaban J connectivity index is 1.99. The predicted molar refractivity (Wildman–Crippen MR) is 103 cm³/mol. The zero-order chi connectivity index (χ0) is 20.5. The van der Waals surface area contributed by atoms with E-state index in [1.54, 1.807) is 6.92 Å². The van der Waals surface area contributed by atoms with Crippen molar-refractivity contribution in [2.24, 2.45) is 0 Å². The Kier molecular flexibility index (Phi) is 6.02. The van der Waals surface area contributed by atoms with Gasteiger partial charge in [-0.2, -0.15) is 4.31 Å². The summed E-state index contributed by atoms with van der Waals surface area (Å²) in [6.45, 7) is 2.69. The molecule has 1 amide bonds. The third-order valence-electron chi connectivity index (χ3n) is 4.65. The van der Waals surface area contributed by atoms with E-state index >= 15 is 0 Å². The van der Waals surface area contributed by atoms with Crippen molar-refractivity contribution in [3.63, 3.8) is 0 Å². The van der Waals surface area contributed by atoms with Crippen LogP contribution in [0.25, 0.3) is 0 Å². The van der Waals surface area contributed by atoms with Crippen LogP contribution in [0, 0.1) is 11.6 Å². The van der Waals surface area contributed by atoms with Crippen LogP contribution in [-0.2, 0) is 10.0 Å². The summed E-state index contributed by atoms with van der Waals surface area (Å²) in [4.78, 5) is 14.2. The van der Waals surface area contributed by atoms with Crippen molar-refractivity contribution in [3.05, 3.63) is 58.6 Å². The van der Waals surface area contributed by atoms with Gasteiger partial charge in [0.2, 0.25) is 10.0 Å².